The van der Waals surface area contributed by atoms with Gasteiger partial charge in [-0.15, -0.1) is 0 Å². The van der Waals surface area contributed by atoms with E-state index in [4.69, 9.17) is 5.11 Å². The highest BCUT2D eigenvalue weighted by Gasteiger charge is 2.66. The smallest absolute Gasteiger partial charge is 0.323 e. The third kappa shape index (κ3) is 1.46. The molecule has 0 aromatic heterocycles. The molecule has 3 rings (SSSR count). The van der Waals surface area contributed by atoms with Gasteiger partial charge in [0.2, 0.25) is 11.8 Å². The molecule has 1 heterocycles. The molecule has 0 radical (unpaired) electrons. The minimum absolute atomic E-state index is 0.139. The average molecular weight is 381 g/mol. The van der Waals surface area contributed by atoms with Crippen molar-refractivity contribution >= 4 is 49.6 Å². The lowest BCUT2D eigenvalue weighted by molar-refractivity contribution is -0.149. The fourth-order valence-electron chi connectivity index (χ4n) is 3.70. The van der Waals surface area contributed by atoms with E-state index < -0.39 is 12.5 Å². The number of halogens is 2. The normalized spacial score (nSPS) is 45.8. The van der Waals surface area contributed by atoms with Crippen molar-refractivity contribution in [3.8, 4) is 0 Å². The van der Waals surface area contributed by atoms with Gasteiger partial charge >= 0.3 is 5.97 Å². The van der Waals surface area contributed by atoms with Crippen LogP contribution in [0.2, 0.25) is 0 Å². The van der Waals surface area contributed by atoms with E-state index in [0.717, 1.165) is 11.3 Å². The van der Waals surface area contributed by atoms with Crippen molar-refractivity contribution in [1.82, 2.24) is 4.90 Å². The Bertz CT molecular complexity index is 422. The highest BCUT2D eigenvalue weighted by molar-refractivity contribution is 9.12. The van der Waals surface area contributed by atoms with Crippen LogP contribution in [0.4, 0.5) is 0 Å². The van der Waals surface area contributed by atoms with E-state index in [-0.39, 0.29) is 45.1 Å². The number of alkyl halides is 2. The number of rotatable bonds is 2. The summed E-state index contributed by atoms with van der Waals surface area (Å²) in [5.41, 5.74) is 0. The maximum atomic E-state index is 12.2. The molecule has 3 aliphatic rings. The van der Waals surface area contributed by atoms with Crippen LogP contribution in [0.15, 0.2) is 0 Å². The number of carboxylic acids is 1. The first-order valence-electron chi connectivity index (χ1n) is 5.78. The van der Waals surface area contributed by atoms with E-state index in [1.54, 1.807) is 0 Å². The third-order valence-electron chi connectivity index (χ3n) is 4.37. The lowest BCUT2D eigenvalue weighted by Gasteiger charge is -2.28. The molecule has 0 spiro atoms. The summed E-state index contributed by atoms with van der Waals surface area (Å²) in [5.74, 6) is -2.11. The SMILES string of the molecule is O=C(O)CN1C(=O)[C@@H]2[C@H]3C[C@@H]([C@@H](Br)[C@H]3Br)[C@H]2C1=O. The number of imide groups is 1. The Morgan fingerprint density at radius 1 is 1.17 bits per heavy atom. The standard InChI is InChI=1S/C11H11Br2NO4/c12-8-3-1-4(9(8)13)7-6(3)10(17)14(11(7)18)2-5(15)16/h3-4,6-9H,1-2H2,(H,15,16)/t3-,4-,6-,7-,8-,9+/m1/s1. The lowest BCUT2D eigenvalue weighted by atomic mass is 9.81. The fourth-order valence-corrected chi connectivity index (χ4v) is 5.58. The Morgan fingerprint density at radius 3 is 2.00 bits per heavy atom. The number of likely N-dealkylation sites (tertiary alicyclic amines) is 1. The van der Waals surface area contributed by atoms with Crippen LogP contribution in [0.3, 0.4) is 0 Å². The van der Waals surface area contributed by atoms with Gasteiger partial charge in [-0.1, -0.05) is 31.9 Å². The van der Waals surface area contributed by atoms with Crippen LogP contribution in [0, 0.1) is 23.7 Å². The first-order chi connectivity index (χ1) is 8.43. The van der Waals surface area contributed by atoms with Gasteiger partial charge in [-0.3, -0.25) is 19.3 Å². The maximum Gasteiger partial charge on any atom is 0.323 e. The minimum Gasteiger partial charge on any atom is -0.480 e. The van der Waals surface area contributed by atoms with Crippen molar-refractivity contribution in [3.63, 3.8) is 0 Å². The molecule has 5 nitrogen and oxygen atoms in total. The first kappa shape index (κ1) is 12.6. The predicted molar refractivity (Wildman–Crippen MR) is 68.4 cm³/mol. The summed E-state index contributed by atoms with van der Waals surface area (Å²) >= 11 is 7.14. The quantitative estimate of drug-likeness (QED) is 0.569. The predicted octanol–water partition coefficient (Wildman–Crippen LogP) is 0.849. The van der Waals surface area contributed by atoms with E-state index in [1.807, 2.05) is 0 Å². The Balaban J connectivity index is 1.92. The number of aliphatic carboxylic acids is 1. The number of carbonyl (C=O) groups excluding carboxylic acids is 2. The third-order valence-corrected chi connectivity index (χ3v) is 7.58. The summed E-state index contributed by atoms with van der Waals surface area (Å²) < 4.78 is 0. The number of amides is 2. The van der Waals surface area contributed by atoms with Gasteiger partial charge in [0.1, 0.15) is 6.54 Å². The topological polar surface area (TPSA) is 74.7 Å². The summed E-state index contributed by atoms with van der Waals surface area (Å²) in [6, 6.07) is 0. The molecule has 0 aromatic rings. The summed E-state index contributed by atoms with van der Waals surface area (Å²) in [6.07, 6.45) is 0.861. The van der Waals surface area contributed by atoms with E-state index in [1.165, 1.54) is 0 Å². The minimum atomic E-state index is -1.14. The number of nitrogens with zero attached hydrogens (tertiary/aromatic N) is 1. The molecule has 1 aliphatic heterocycles. The highest BCUT2D eigenvalue weighted by atomic mass is 79.9. The van der Waals surface area contributed by atoms with Gasteiger partial charge in [0.25, 0.3) is 0 Å². The summed E-state index contributed by atoms with van der Waals surface area (Å²) in [5, 5.41) is 8.76. The fraction of sp³-hybridized carbons (Fsp3) is 0.727. The van der Waals surface area contributed by atoms with Gasteiger partial charge in [-0.2, -0.15) is 0 Å². The second-order valence-corrected chi connectivity index (χ2v) is 7.27. The lowest BCUT2D eigenvalue weighted by Crippen LogP contribution is -2.37. The second kappa shape index (κ2) is 4.03. The maximum absolute atomic E-state index is 12.2. The van der Waals surface area contributed by atoms with Crippen LogP contribution in [0.1, 0.15) is 6.42 Å². The van der Waals surface area contributed by atoms with E-state index in [0.29, 0.717) is 0 Å². The van der Waals surface area contributed by atoms with Crippen LogP contribution < -0.4 is 0 Å². The van der Waals surface area contributed by atoms with Gasteiger partial charge in [-0.05, 0) is 18.3 Å². The zero-order valence-electron chi connectivity index (χ0n) is 9.25. The van der Waals surface area contributed by atoms with Crippen molar-refractivity contribution < 1.29 is 19.5 Å². The summed E-state index contributed by atoms with van der Waals surface area (Å²) in [4.78, 5) is 36.4. The Kier molecular flexibility index (Phi) is 2.82. The molecule has 2 saturated carbocycles. The largest absolute Gasteiger partial charge is 0.480 e. The van der Waals surface area contributed by atoms with E-state index >= 15 is 0 Å². The van der Waals surface area contributed by atoms with Gasteiger partial charge in [-0.25, -0.2) is 0 Å². The first-order valence-corrected chi connectivity index (χ1v) is 7.61. The zero-order valence-corrected chi connectivity index (χ0v) is 12.4. The van der Waals surface area contributed by atoms with Gasteiger partial charge in [0.05, 0.1) is 11.8 Å². The van der Waals surface area contributed by atoms with Gasteiger partial charge < -0.3 is 5.11 Å². The van der Waals surface area contributed by atoms with Crippen molar-refractivity contribution in [2.75, 3.05) is 6.54 Å². The monoisotopic (exact) mass is 379 g/mol. The molecule has 7 heteroatoms. The Hall–Kier alpha value is -0.430. The van der Waals surface area contributed by atoms with Crippen molar-refractivity contribution in [2.24, 2.45) is 23.7 Å². The van der Waals surface area contributed by atoms with Crippen LogP contribution in [-0.4, -0.2) is 44.0 Å². The summed E-state index contributed by atoms with van der Waals surface area (Å²) in [6.45, 7) is -0.510. The second-order valence-electron chi connectivity index (χ2n) is 5.16. The average Bonchev–Trinajstić information content (AvgIpc) is 2.88. The molecule has 1 N–H and O–H groups in total. The van der Waals surface area contributed by atoms with Gasteiger partial charge in [0.15, 0.2) is 0 Å². The van der Waals surface area contributed by atoms with Crippen molar-refractivity contribution in [1.29, 1.82) is 0 Å². The molecule has 3 fully saturated rings. The number of carboxylic acid groups (broad SMARTS) is 1. The molecule has 6 atom stereocenters. The molecule has 18 heavy (non-hydrogen) atoms. The molecule has 0 aromatic carbocycles. The molecule has 98 valence electrons. The van der Waals surface area contributed by atoms with E-state index in [2.05, 4.69) is 31.9 Å². The van der Waals surface area contributed by atoms with Crippen LogP contribution in [0.25, 0.3) is 0 Å². The van der Waals surface area contributed by atoms with Crippen LogP contribution in [0.5, 0.6) is 0 Å². The molecule has 2 bridgehead atoms. The zero-order chi connectivity index (χ0) is 13.2. The van der Waals surface area contributed by atoms with Crippen LogP contribution in [-0.2, 0) is 14.4 Å². The van der Waals surface area contributed by atoms with E-state index in [9.17, 15) is 14.4 Å². The number of carbonyl (C=O) groups is 3. The molecular weight excluding hydrogens is 370 g/mol. The molecular formula is C11H11Br2NO4. The van der Waals surface area contributed by atoms with Crippen molar-refractivity contribution in [3.05, 3.63) is 0 Å². The van der Waals surface area contributed by atoms with Gasteiger partial charge in [0, 0.05) is 9.65 Å². The number of hydrogen-bond donors (Lipinski definition) is 1. The van der Waals surface area contributed by atoms with Crippen molar-refractivity contribution in [2.45, 2.75) is 16.1 Å². The number of fused-ring (bicyclic) bond motifs is 5. The Labute approximate surface area is 120 Å². The molecule has 0 unspecified atom stereocenters. The summed E-state index contributed by atoms with van der Waals surface area (Å²) in [7, 11) is 0. The highest BCUT2D eigenvalue weighted by Crippen LogP contribution is 2.60. The molecule has 2 aliphatic carbocycles. The molecule has 2 amide bonds. The van der Waals surface area contributed by atoms with Crippen LogP contribution >= 0.6 is 31.9 Å². The Morgan fingerprint density at radius 2 is 1.61 bits per heavy atom. The number of hydrogen-bond acceptors (Lipinski definition) is 3. The molecule has 1 saturated heterocycles.